The summed E-state index contributed by atoms with van der Waals surface area (Å²) >= 11 is 0. The zero-order valence-corrected chi connectivity index (χ0v) is 9.69. The van der Waals surface area contributed by atoms with Crippen LogP contribution in [0.15, 0.2) is 31.8 Å². The average molecular weight is 243 g/mol. The Labute approximate surface area is 102 Å². The maximum absolute atomic E-state index is 10.9. The number of benzene rings is 1. The second-order valence-electron chi connectivity index (χ2n) is 4.19. The van der Waals surface area contributed by atoms with Crippen molar-refractivity contribution >= 4 is 17.8 Å². The Morgan fingerprint density at radius 2 is 2.22 bits per heavy atom. The molecule has 0 atom stereocenters. The van der Waals surface area contributed by atoms with Gasteiger partial charge in [0.05, 0.1) is 0 Å². The third-order valence-corrected chi connectivity index (χ3v) is 2.77. The van der Waals surface area contributed by atoms with Crippen molar-refractivity contribution < 1.29 is 13.9 Å². The van der Waals surface area contributed by atoms with Crippen LogP contribution in [0.1, 0.15) is 17.0 Å². The molecule has 0 spiro atoms. The number of hydrogen-bond donors (Lipinski definition) is 2. The number of nitrogens with one attached hydrogen (secondary N) is 1. The number of aromatic amines is 1. The molecule has 0 saturated heterocycles. The molecule has 0 radical (unpaired) electrons. The normalized spacial score (nSPS) is 10.9. The number of aryl methyl sites for hydroxylation is 1. The van der Waals surface area contributed by atoms with Crippen LogP contribution in [0.5, 0.6) is 5.88 Å². The molecule has 2 N–H and O–H groups in total. The third-order valence-electron chi connectivity index (χ3n) is 2.77. The second kappa shape index (κ2) is 3.91. The van der Waals surface area contributed by atoms with E-state index in [2.05, 4.69) is 4.98 Å². The molecule has 0 aliphatic carbocycles. The van der Waals surface area contributed by atoms with Crippen molar-refractivity contribution in [2.24, 2.45) is 0 Å². The van der Waals surface area contributed by atoms with E-state index in [4.69, 9.17) is 8.83 Å². The molecule has 18 heavy (non-hydrogen) atoms. The van der Waals surface area contributed by atoms with Gasteiger partial charge in [0, 0.05) is 0 Å². The first-order chi connectivity index (χ1) is 8.61. The summed E-state index contributed by atoms with van der Waals surface area (Å²) in [7, 11) is 0. The Kier molecular flexibility index (Phi) is 2.36. The molecule has 0 saturated carbocycles. The van der Waals surface area contributed by atoms with E-state index in [1.54, 1.807) is 0 Å². The molecule has 0 aliphatic rings. The Balaban J connectivity index is 1.99. The zero-order valence-electron chi connectivity index (χ0n) is 9.69. The number of hydrogen-bond acceptors (Lipinski definition) is 4. The first-order valence-electron chi connectivity index (χ1n) is 5.52. The van der Waals surface area contributed by atoms with Gasteiger partial charge in [-0.05, 0) is 0 Å². The second-order valence-corrected chi connectivity index (χ2v) is 4.19. The topological polar surface area (TPSA) is 79.4 Å². The zero-order chi connectivity index (χ0) is 12.7. The van der Waals surface area contributed by atoms with E-state index < -0.39 is 5.76 Å². The van der Waals surface area contributed by atoms with Crippen molar-refractivity contribution in [1.29, 1.82) is 0 Å². The summed E-state index contributed by atoms with van der Waals surface area (Å²) in [5, 5.41) is 10.4. The standard InChI is InChI=1S/C12H10BNO4/c1-6-13-8-4-7(2-3-9(8)17-6)5-10-11(15)14-12(16)18-10/h2-4,15H,5H2,1H3,(H,14,16). The Morgan fingerprint density at radius 3 is 2.94 bits per heavy atom. The molecular formula is C12H10BNO4. The number of aromatic hydroxyl groups is 1. The molecule has 0 unspecified atom stereocenters. The SMILES string of the molecule is Cc1bc2cc(Cc3oc(=O)[nH]c3O)ccc2o1. The molecule has 90 valence electrons. The number of fused-ring (bicyclic) bond motifs is 1. The molecule has 0 bridgehead atoms. The minimum atomic E-state index is -0.650. The molecule has 3 rings (SSSR count). The van der Waals surface area contributed by atoms with Gasteiger partial charge >= 0.3 is 102 Å². The summed E-state index contributed by atoms with van der Waals surface area (Å²) in [6, 6.07) is 5.68. The van der Waals surface area contributed by atoms with Crippen molar-refractivity contribution in [3.8, 4) is 5.88 Å². The van der Waals surface area contributed by atoms with E-state index in [0.717, 1.165) is 22.1 Å². The van der Waals surface area contributed by atoms with E-state index in [0.29, 0.717) is 6.42 Å². The van der Waals surface area contributed by atoms with Gasteiger partial charge in [0.15, 0.2) is 0 Å². The summed E-state index contributed by atoms with van der Waals surface area (Å²) in [6.45, 7) is 3.82. The van der Waals surface area contributed by atoms with Gasteiger partial charge in [-0.1, -0.05) is 0 Å². The van der Waals surface area contributed by atoms with E-state index in [9.17, 15) is 9.90 Å². The summed E-state index contributed by atoms with van der Waals surface area (Å²) < 4.78 is 10.3. The number of H-pyrrole nitrogens is 1. The first kappa shape index (κ1) is 10.9. The number of rotatable bonds is 2. The van der Waals surface area contributed by atoms with Gasteiger partial charge in [-0.2, -0.15) is 0 Å². The van der Waals surface area contributed by atoms with Crippen LogP contribution in [-0.4, -0.2) is 17.0 Å². The summed E-state index contributed by atoms with van der Waals surface area (Å²) in [4.78, 5) is 13.1. The average Bonchev–Trinajstić information content (AvgIpc) is 2.80. The van der Waals surface area contributed by atoms with Gasteiger partial charge in [0.2, 0.25) is 0 Å². The van der Waals surface area contributed by atoms with Gasteiger partial charge in [-0.25, -0.2) is 0 Å². The molecule has 6 heteroatoms. The molecule has 5 nitrogen and oxygen atoms in total. The molecule has 2 heterocycles. The van der Waals surface area contributed by atoms with E-state index in [-0.39, 0.29) is 11.6 Å². The van der Waals surface area contributed by atoms with E-state index in [1.807, 2.05) is 32.0 Å². The van der Waals surface area contributed by atoms with Crippen molar-refractivity contribution in [3.63, 3.8) is 0 Å². The van der Waals surface area contributed by atoms with Crippen LogP contribution in [0.3, 0.4) is 0 Å². The minimum absolute atomic E-state index is 0.219. The summed E-state index contributed by atoms with van der Waals surface area (Å²) in [5.41, 5.74) is 2.59. The molecule has 1 aromatic carbocycles. The molecule has 0 aliphatic heterocycles. The van der Waals surface area contributed by atoms with Crippen LogP contribution < -0.4 is 5.76 Å². The quantitative estimate of drug-likeness (QED) is 0.717. The van der Waals surface area contributed by atoms with Crippen molar-refractivity contribution in [2.45, 2.75) is 13.3 Å². The first-order valence-corrected chi connectivity index (χ1v) is 5.52. The third kappa shape index (κ3) is 1.86. The van der Waals surface area contributed by atoms with Crippen molar-refractivity contribution in [1.82, 2.24) is 4.98 Å². The van der Waals surface area contributed by atoms with Gasteiger partial charge in [0.1, 0.15) is 0 Å². The van der Waals surface area contributed by atoms with Crippen LogP contribution in [-0.2, 0) is 6.42 Å². The predicted molar refractivity (Wildman–Crippen MR) is 66.1 cm³/mol. The number of oxazole rings is 1. The fraction of sp³-hybridized carbons (Fsp3) is 0.167. The molecule has 0 amide bonds. The van der Waals surface area contributed by atoms with Crippen LogP contribution >= 0.6 is 0 Å². The summed E-state index contributed by atoms with van der Waals surface area (Å²) in [6.07, 6.45) is 0.352. The van der Waals surface area contributed by atoms with Gasteiger partial charge < -0.3 is 0 Å². The maximum atomic E-state index is 10.9. The van der Waals surface area contributed by atoms with Crippen LogP contribution in [0.4, 0.5) is 0 Å². The predicted octanol–water partition coefficient (Wildman–Crippen LogP) is 1.66. The Hall–Kier alpha value is -2.24. The summed E-state index contributed by atoms with van der Waals surface area (Å²) in [5.74, 6) is -0.634. The molecule has 0 fully saturated rings. The van der Waals surface area contributed by atoms with Crippen LogP contribution in [0.2, 0.25) is 0 Å². The molecular weight excluding hydrogens is 233 g/mol. The van der Waals surface area contributed by atoms with Crippen LogP contribution in [0, 0.1) is 6.92 Å². The Bertz CT molecular complexity index is 768. The van der Waals surface area contributed by atoms with Gasteiger partial charge in [-0.3, -0.25) is 0 Å². The number of aromatic nitrogens is 1. The molecule has 2 aromatic heterocycles. The Morgan fingerprint density at radius 1 is 1.39 bits per heavy atom. The monoisotopic (exact) mass is 243 g/mol. The van der Waals surface area contributed by atoms with E-state index >= 15 is 0 Å². The van der Waals surface area contributed by atoms with Gasteiger partial charge in [-0.15, -0.1) is 0 Å². The fourth-order valence-electron chi connectivity index (χ4n) is 1.99. The van der Waals surface area contributed by atoms with Crippen molar-refractivity contribution in [3.05, 3.63) is 45.7 Å². The van der Waals surface area contributed by atoms with Crippen LogP contribution in [0.25, 0.3) is 10.9 Å². The fourth-order valence-corrected chi connectivity index (χ4v) is 1.99. The molecule has 3 aromatic rings. The van der Waals surface area contributed by atoms with E-state index in [1.165, 1.54) is 0 Å². The van der Waals surface area contributed by atoms with Crippen molar-refractivity contribution in [2.75, 3.05) is 0 Å². The van der Waals surface area contributed by atoms with Gasteiger partial charge in [0.25, 0.3) is 0 Å².